The maximum atomic E-state index is 12.4. The molecule has 0 saturated carbocycles. The molecule has 4 rings (SSSR count). The van der Waals surface area contributed by atoms with Gasteiger partial charge in [0, 0.05) is 18.5 Å². The molecule has 0 bridgehead atoms. The third kappa shape index (κ3) is 3.56. The van der Waals surface area contributed by atoms with Crippen molar-refractivity contribution >= 4 is 40.1 Å². The fourth-order valence-corrected chi connectivity index (χ4v) is 4.27. The van der Waals surface area contributed by atoms with Gasteiger partial charge in [0.1, 0.15) is 16.2 Å². The first kappa shape index (κ1) is 16.6. The smallest absolute Gasteiger partial charge is 0.273 e. The van der Waals surface area contributed by atoms with Crippen LogP contribution in [0.15, 0.2) is 33.2 Å². The topological polar surface area (TPSA) is 68.5 Å². The number of thioether (sulfide) groups is 1. The number of oxazole rings is 1. The van der Waals surface area contributed by atoms with Gasteiger partial charge in [0.05, 0.1) is 19.0 Å². The number of hydrogen-bond acceptors (Lipinski definition) is 7. The molecule has 1 saturated heterocycles. The molecule has 0 aliphatic carbocycles. The minimum Gasteiger partial charge on any atom is -0.431 e. The molecule has 1 amide bonds. The van der Waals surface area contributed by atoms with E-state index < -0.39 is 0 Å². The lowest BCUT2D eigenvalue weighted by molar-refractivity contribution is 0.0299. The summed E-state index contributed by atoms with van der Waals surface area (Å²) in [5, 5.41) is 3.34. The predicted molar refractivity (Wildman–Crippen MR) is 97.1 cm³/mol. The van der Waals surface area contributed by atoms with E-state index in [1.54, 1.807) is 4.90 Å². The Hall–Kier alpha value is -1.90. The second-order valence-corrected chi connectivity index (χ2v) is 7.59. The average Bonchev–Trinajstić information content (AvgIpc) is 3.27. The van der Waals surface area contributed by atoms with E-state index in [1.807, 2.05) is 30.5 Å². The third-order valence-corrected chi connectivity index (χ3v) is 5.86. The molecule has 130 valence electrons. The maximum Gasteiger partial charge on any atom is 0.273 e. The van der Waals surface area contributed by atoms with Crippen LogP contribution < -0.4 is 0 Å². The number of fused-ring (bicyclic) bond motifs is 1. The quantitative estimate of drug-likeness (QED) is 0.652. The zero-order chi connectivity index (χ0) is 17.2. The van der Waals surface area contributed by atoms with Crippen LogP contribution in [0.5, 0.6) is 0 Å². The van der Waals surface area contributed by atoms with Crippen molar-refractivity contribution in [3.63, 3.8) is 0 Å². The lowest BCUT2D eigenvalue weighted by atomic mass is 10.2. The number of aromatic nitrogens is 2. The van der Waals surface area contributed by atoms with Crippen molar-refractivity contribution in [3.05, 3.63) is 39.8 Å². The van der Waals surface area contributed by atoms with Gasteiger partial charge in [-0.05, 0) is 18.6 Å². The number of rotatable bonds is 4. The molecule has 0 N–H and O–H groups in total. The van der Waals surface area contributed by atoms with E-state index in [4.69, 9.17) is 9.15 Å². The number of hydrogen-bond donors (Lipinski definition) is 0. The number of morpholine rings is 1. The van der Waals surface area contributed by atoms with Crippen molar-refractivity contribution < 1.29 is 13.9 Å². The Balaban J connectivity index is 1.42. The highest BCUT2D eigenvalue weighted by Crippen LogP contribution is 2.28. The van der Waals surface area contributed by atoms with Gasteiger partial charge >= 0.3 is 0 Å². The Bertz CT molecular complexity index is 900. The number of thiazole rings is 1. The molecule has 0 spiro atoms. The van der Waals surface area contributed by atoms with Crippen LogP contribution in [0.2, 0.25) is 0 Å². The van der Waals surface area contributed by atoms with Crippen molar-refractivity contribution in [2.24, 2.45) is 0 Å². The molecule has 1 fully saturated rings. The number of amides is 1. The van der Waals surface area contributed by atoms with Crippen LogP contribution in [0, 0.1) is 6.92 Å². The van der Waals surface area contributed by atoms with Gasteiger partial charge in [-0.3, -0.25) is 4.79 Å². The van der Waals surface area contributed by atoms with E-state index in [-0.39, 0.29) is 5.91 Å². The first-order valence-electron chi connectivity index (χ1n) is 8.01. The Morgan fingerprint density at radius 2 is 2.16 bits per heavy atom. The number of carbonyl (C=O) groups is 1. The van der Waals surface area contributed by atoms with Crippen LogP contribution in [0.3, 0.4) is 0 Å². The van der Waals surface area contributed by atoms with E-state index in [0.717, 1.165) is 21.7 Å². The van der Waals surface area contributed by atoms with Crippen molar-refractivity contribution in [1.29, 1.82) is 0 Å². The SMILES string of the molecule is Cc1cccc2oc(SCc3nc(C(=O)N4CCOCC4)cs3)nc12. The summed E-state index contributed by atoms with van der Waals surface area (Å²) in [4.78, 5) is 23.2. The number of para-hydroxylation sites is 1. The summed E-state index contributed by atoms with van der Waals surface area (Å²) in [6.45, 7) is 4.46. The minimum absolute atomic E-state index is 0.0201. The van der Waals surface area contributed by atoms with Gasteiger partial charge in [0.15, 0.2) is 5.58 Å². The molecule has 6 nitrogen and oxygen atoms in total. The Labute approximate surface area is 153 Å². The molecule has 0 radical (unpaired) electrons. The van der Waals surface area contributed by atoms with Crippen molar-refractivity contribution in [2.75, 3.05) is 26.3 Å². The van der Waals surface area contributed by atoms with Crippen LogP contribution in [-0.4, -0.2) is 47.1 Å². The van der Waals surface area contributed by atoms with Crippen molar-refractivity contribution in [2.45, 2.75) is 17.9 Å². The van der Waals surface area contributed by atoms with E-state index >= 15 is 0 Å². The van der Waals surface area contributed by atoms with Crippen molar-refractivity contribution in [1.82, 2.24) is 14.9 Å². The monoisotopic (exact) mass is 375 g/mol. The van der Waals surface area contributed by atoms with E-state index in [1.165, 1.54) is 23.1 Å². The summed E-state index contributed by atoms with van der Waals surface area (Å²) in [5.74, 6) is 0.612. The number of benzene rings is 1. The van der Waals surface area contributed by atoms with Gasteiger partial charge in [0.25, 0.3) is 11.1 Å². The molecule has 3 aromatic rings. The first-order valence-corrected chi connectivity index (χ1v) is 9.87. The van der Waals surface area contributed by atoms with E-state index in [0.29, 0.717) is 43.0 Å². The van der Waals surface area contributed by atoms with Gasteiger partial charge in [-0.2, -0.15) is 0 Å². The van der Waals surface area contributed by atoms with Crippen LogP contribution in [0.25, 0.3) is 11.1 Å². The van der Waals surface area contributed by atoms with Crippen LogP contribution in [0.1, 0.15) is 21.1 Å². The minimum atomic E-state index is -0.0201. The first-order chi connectivity index (χ1) is 12.2. The Morgan fingerprint density at radius 3 is 2.96 bits per heavy atom. The Morgan fingerprint density at radius 1 is 1.32 bits per heavy atom. The fraction of sp³-hybridized carbons (Fsp3) is 0.353. The van der Waals surface area contributed by atoms with Gasteiger partial charge in [0.2, 0.25) is 0 Å². The lowest BCUT2D eigenvalue weighted by Crippen LogP contribution is -2.40. The highest BCUT2D eigenvalue weighted by molar-refractivity contribution is 7.98. The molecule has 8 heteroatoms. The highest BCUT2D eigenvalue weighted by atomic mass is 32.2. The zero-order valence-corrected chi connectivity index (χ0v) is 15.4. The summed E-state index contributed by atoms with van der Waals surface area (Å²) in [6, 6.07) is 5.90. The van der Waals surface area contributed by atoms with E-state index in [9.17, 15) is 4.79 Å². The van der Waals surface area contributed by atoms with Crippen LogP contribution in [-0.2, 0) is 10.5 Å². The summed E-state index contributed by atoms with van der Waals surface area (Å²) >= 11 is 2.98. The molecule has 1 aliphatic heterocycles. The maximum absolute atomic E-state index is 12.4. The number of ether oxygens (including phenoxy) is 1. The van der Waals surface area contributed by atoms with Crippen molar-refractivity contribution in [3.8, 4) is 0 Å². The fourth-order valence-electron chi connectivity index (χ4n) is 2.65. The lowest BCUT2D eigenvalue weighted by Gasteiger charge is -2.25. The Kier molecular flexibility index (Phi) is 4.74. The molecule has 2 aromatic heterocycles. The van der Waals surface area contributed by atoms with Crippen LogP contribution >= 0.6 is 23.1 Å². The van der Waals surface area contributed by atoms with E-state index in [2.05, 4.69) is 9.97 Å². The summed E-state index contributed by atoms with van der Waals surface area (Å²) in [5.41, 5.74) is 3.30. The standard InChI is InChI=1S/C17H17N3O3S2/c1-11-3-2-4-13-15(11)19-17(23-13)25-10-14-18-12(9-24-14)16(21)20-5-7-22-8-6-20/h2-4,9H,5-8,10H2,1H3. The molecule has 1 aliphatic rings. The molecule has 1 aromatic carbocycles. The van der Waals surface area contributed by atoms with Gasteiger partial charge in [-0.15, -0.1) is 11.3 Å². The summed E-state index contributed by atoms with van der Waals surface area (Å²) in [6.07, 6.45) is 0. The third-order valence-electron chi connectivity index (χ3n) is 3.99. The molecule has 25 heavy (non-hydrogen) atoms. The summed E-state index contributed by atoms with van der Waals surface area (Å²) in [7, 11) is 0. The van der Waals surface area contributed by atoms with Crippen LogP contribution in [0.4, 0.5) is 0 Å². The molecular formula is C17H17N3O3S2. The molecule has 0 atom stereocenters. The van der Waals surface area contributed by atoms with Gasteiger partial charge in [-0.1, -0.05) is 23.9 Å². The second-order valence-electron chi connectivity index (χ2n) is 5.72. The van der Waals surface area contributed by atoms with Gasteiger partial charge < -0.3 is 14.1 Å². The molecule has 3 heterocycles. The largest absolute Gasteiger partial charge is 0.431 e. The number of nitrogens with zero attached hydrogens (tertiary/aromatic N) is 3. The zero-order valence-electron chi connectivity index (χ0n) is 13.7. The summed E-state index contributed by atoms with van der Waals surface area (Å²) < 4.78 is 11.0. The highest BCUT2D eigenvalue weighted by Gasteiger charge is 2.21. The number of carbonyl (C=O) groups excluding carboxylic acids is 1. The molecular weight excluding hydrogens is 358 g/mol. The molecule has 0 unspecified atom stereocenters. The normalized spacial score (nSPS) is 15.0. The number of aryl methyl sites for hydroxylation is 1. The average molecular weight is 375 g/mol. The predicted octanol–water partition coefficient (Wildman–Crippen LogP) is 3.36. The van der Waals surface area contributed by atoms with Gasteiger partial charge in [-0.25, -0.2) is 9.97 Å². The second kappa shape index (κ2) is 7.15.